The summed E-state index contributed by atoms with van der Waals surface area (Å²) < 4.78 is 50.3. The minimum Gasteiger partial charge on any atom is -0.497 e. The van der Waals surface area contributed by atoms with Crippen LogP contribution in [0.15, 0.2) is 48.5 Å². The lowest BCUT2D eigenvalue weighted by atomic mass is 10.1. The molecule has 0 spiro atoms. The Morgan fingerprint density at radius 2 is 1.59 bits per heavy atom. The van der Waals surface area contributed by atoms with E-state index in [1.54, 1.807) is 7.11 Å². The summed E-state index contributed by atoms with van der Waals surface area (Å²) in [5.74, 6) is -1.04. The Morgan fingerprint density at radius 1 is 1.00 bits per heavy atom. The van der Waals surface area contributed by atoms with Crippen molar-refractivity contribution in [2.75, 3.05) is 13.7 Å². The highest BCUT2D eigenvalue weighted by Gasteiger charge is 2.31. The van der Waals surface area contributed by atoms with Crippen LogP contribution in [0.4, 0.5) is 13.2 Å². The largest absolute Gasteiger partial charge is 0.573 e. The van der Waals surface area contributed by atoms with Crippen LogP contribution in [-0.2, 0) is 16.0 Å². The van der Waals surface area contributed by atoms with Gasteiger partial charge < -0.3 is 19.5 Å². The molecule has 0 aliphatic carbocycles. The van der Waals surface area contributed by atoms with Gasteiger partial charge in [0.25, 0.3) is 5.91 Å². The third-order valence-corrected chi connectivity index (χ3v) is 3.85. The number of rotatable bonds is 8. The first-order chi connectivity index (χ1) is 13.7. The monoisotopic (exact) mass is 411 g/mol. The van der Waals surface area contributed by atoms with Gasteiger partial charge in [-0.15, -0.1) is 13.2 Å². The molecule has 1 amide bonds. The molecule has 0 saturated heterocycles. The average Bonchev–Trinajstić information content (AvgIpc) is 2.67. The number of hydrogen-bond donors (Lipinski definition) is 1. The van der Waals surface area contributed by atoms with Crippen LogP contribution in [0.2, 0.25) is 0 Å². The lowest BCUT2D eigenvalue weighted by Gasteiger charge is -2.14. The Morgan fingerprint density at radius 3 is 2.14 bits per heavy atom. The van der Waals surface area contributed by atoms with Gasteiger partial charge in [0, 0.05) is 6.54 Å². The number of carbonyl (C=O) groups excluding carboxylic acids is 2. The molecule has 1 N–H and O–H groups in total. The average molecular weight is 411 g/mol. The van der Waals surface area contributed by atoms with Gasteiger partial charge in [-0.2, -0.15) is 0 Å². The number of benzene rings is 2. The zero-order chi connectivity index (χ0) is 21.4. The maximum Gasteiger partial charge on any atom is 0.573 e. The second-order valence-corrected chi connectivity index (χ2v) is 6.01. The number of carbonyl (C=O) groups is 2. The predicted molar refractivity (Wildman–Crippen MR) is 97.7 cm³/mol. The fraction of sp³-hybridized carbons (Fsp3) is 0.300. The third-order valence-electron chi connectivity index (χ3n) is 3.85. The summed E-state index contributed by atoms with van der Waals surface area (Å²) in [4.78, 5) is 24.1. The van der Waals surface area contributed by atoms with E-state index in [1.165, 1.54) is 6.92 Å². The third kappa shape index (κ3) is 7.36. The summed E-state index contributed by atoms with van der Waals surface area (Å²) in [5.41, 5.74) is 0.995. The molecule has 0 fully saturated rings. The molecule has 0 bridgehead atoms. The van der Waals surface area contributed by atoms with E-state index in [0.29, 0.717) is 13.0 Å². The molecule has 0 unspecified atom stereocenters. The molecule has 9 heteroatoms. The van der Waals surface area contributed by atoms with E-state index < -0.39 is 30.1 Å². The molecule has 0 heterocycles. The predicted octanol–water partition coefficient (Wildman–Crippen LogP) is 3.50. The maximum absolute atomic E-state index is 12.1. The minimum absolute atomic E-state index is 0.00240. The number of alkyl halides is 3. The first-order valence-corrected chi connectivity index (χ1v) is 8.65. The second-order valence-electron chi connectivity index (χ2n) is 6.01. The minimum atomic E-state index is -4.82. The smallest absolute Gasteiger partial charge is 0.497 e. The molecule has 6 nitrogen and oxygen atoms in total. The van der Waals surface area contributed by atoms with Crippen LogP contribution in [0.3, 0.4) is 0 Å². The van der Waals surface area contributed by atoms with Crippen LogP contribution < -0.4 is 14.8 Å². The molecule has 1 atom stereocenters. The Bertz CT molecular complexity index is 820. The topological polar surface area (TPSA) is 73.9 Å². The second kappa shape index (κ2) is 9.81. The Labute approximate surface area is 165 Å². The van der Waals surface area contributed by atoms with Crippen LogP contribution in [0.25, 0.3) is 0 Å². The van der Waals surface area contributed by atoms with Crippen LogP contribution in [0.5, 0.6) is 11.5 Å². The molecule has 0 saturated carbocycles. The van der Waals surface area contributed by atoms with Gasteiger partial charge in [0.2, 0.25) is 0 Å². The maximum atomic E-state index is 12.1. The number of nitrogens with one attached hydrogen (secondary N) is 1. The van der Waals surface area contributed by atoms with Crippen molar-refractivity contribution < 1.29 is 37.0 Å². The summed E-state index contributed by atoms with van der Waals surface area (Å²) in [5, 5.41) is 2.66. The fourth-order valence-corrected chi connectivity index (χ4v) is 2.34. The highest BCUT2D eigenvalue weighted by molar-refractivity contribution is 5.92. The highest BCUT2D eigenvalue weighted by atomic mass is 19.4. The SMILES string of the molecule is COc1ccc(CCNC(=O)[C@H](C)OC(=O)c2ccc(OC(F)(F)F)cc2)cc1. The van der Waals surface area contributed by atoms with E-state index in [-0.39, 0.29) is 5.56 Å². The van der Waals surface area contributed by atoms with Crippen LogP contribution in [-0.4, -0.2) is 38.0 Å². The van der Waals surface area contributed by atoms with Crippen molar-refractivity contribution in [3.05, 3.63) is 59.7 Å². The van der Waals surface area contributed by atoms with E-state index in [9.17, 15) is 22.8 Å². The van der Waals surface area contributed by atoms with Gasteiger partial charge in [-0.3, -0.25) is 4.79 Å². The van der Waals surface area contributed by atoms with E-state index in [0.717, 1.165) is 35.6 Å². The van der Waals surface area contributed by atoms with Crippen LogP contribution >= 0.6 is 0 Å². The molecule has 0 aliphatic rings. The lowest BCUT2D eigenvalue weighted by Crippen LogP contribution is -2.36. The molecule has 0 aromatic heterocycles. The Hall–Kier alpha value is -3.23. The summed E-state index contributed by atoms with van der Waals surface area (Å²) in [6, 6.07) is 11.6. The van der Waals surface area contributed by atoms with Gasteiger partial charge in [0.05, 0.1) is 12.7 Å². The molecule has 2 aromatic rings. The lowest BCUT2D eigenvalue weighted by molar-refractivity contribution is -0.274. The Kier molecular flexibility index (Phi) is 7.46. The first kappa shape index (κ1) is 22.1. The van der Waals surface area contributed by atoms with Gasteiger partial charge in [0.15, 0.2) is 6.10 Å². The summed E-state index contributed by atoms with van der Waals surface area (Å²) >= 11 is 0. The van der Waals surface area contributed by atoms with Gasteiger partial charge in [-0.1, -0.05) is 12.1 Å². The fourth-order valence-electron chi connectivity index (χ4n) is 2.34. The van der Waals surface area contributed by atoms with E-state index in [4.69, 9.17) is 9.47 Å². The quantitative estimate of drug-likeness (QED) is 0.673. The number of methoxy groups -OCH3 is 1. The number of halogens is 3. The first-order valence-electron chi connectivity index (χ1n) is 8.65. The summed E-state index contributed by atoms with van der Waals surface area (Å²) in [6.45, 7) is 1.75. The molecule has 29 heavy (non-hydrogen) atoms. The zero-order valence-corrected chi connectivity index (χ0v) is 15.8. The van der Waals surface area contributed by atoms with E-state index >= 15 is 0 Å². The normalized spacial score (nSPS) is 12.0. The number of ether oxygens (including phenoxy) is 3. The Balaban J connectivity index is 1.79. The zero-order valence-electron chi connectivity index (χ0n) is 15.8. The standard InChI is InChI=1S/C20H20F3NO5/c1-13(18(25)24-12-11-14-3-7-16(27-2)8-4-14)28-19(26)15-5-9-17(10-6-15)29-20(21,22)23/h3-10,13H,11-12H2,1-2H3,(H,24,25)/t13-/m0/s1. The van der Waals surface area contributed by atoms with E-state index in [1.807, 2.05) is 24.3 Å². The van der Waals surface area contributed by atoms with Crippen molar-refractivity contribution in [1.29, 1.82) is 0 Å². The van der Waals surface area contributed by atoms with Crippen molar-refractivity contribution in [3.63, 3.8) is 0 Å². The van der Waals surface area contributed by atoms with E-state index in [2.05, 4.69) is 10.1 Å². The number of hydrogen-bond acceptors (Lipinski definition) is 5. The summed E-state index contributed by atoms with van der Waals surface area (Å²) in [6.07, 6.45) is -5.30. The molecule has 0 radical (unpaired) electrons. The van der Waals surface area contributed by atoms with Gasteiger partial charge in [-0.25, -0.2) is 4.79 Å². The van der Waals surface area contributed by atoms with Crippen molar-refractivity contribution in [1.82, 2.24) is 5.32 Å². The van der Waals surface area contributed by atoms with Crippen molar-refractivity contribution in [2.45, 2.75) is 25.8 Å². The number of amides is 1. The molecule has 2 aromatic carbocycles. The van der Waals surface area contributed by atoms with Gasteiger partial charge >= 0.3 is 12.3 Å². The molecule has 0 aliphatic heterocycles. The highest BCUT2D eigenvalue weighted by Crippen LogP contribution is 2.23. The van der Waals surface area contributed by atoms with Crippen molar-refractivity contribution in [3.8, 4) is 11.5 Å². The summed E-state index contributed by atoms with van der Waals surface area (Å²) in [7, 11) is 1.57. The van der Waals surface area contributed by atoms with Crippen molar-refractivity contribution >= 4 is 11.9 Å². The molecular weight excluding hydrogens is 391 g/mol. The molecule has 156 valence electrons. The van der Waals surface area contributed by atoms with Crippen molar-refractivity contribution in [2.24, 2.45) is 0 Å². The molecular formula is C20H20F3NO5. The van der Waals surface area contributed by atoms with Crippen LogP contribution in [0.1, 0.15) is 22.8 Å². The van der Waals surface area contributed by atoms with Crippen LogP contribution in [0, 0.1) is 0 Å². The van der Waals surface area contributed by atoms with Gasteiger partial charge in [-0.05, 0) is 55.3 Å². The molecule has 2 rings (SSSR count). The number of esters is 1. The van der Waals surface area contributed by atoms with Gasteiger partial charge in [0.1, 0.15) is 11.5 Å².